The van der Waals surface area contributed by atoms with Gasteiger partial charge in [-0.2, -0.15) is 8.42 Å². The summed E-state index contributed by atoms with van der Waals surface area (Å²) in [7, 11) is -4.34. The van der Waals surface area contributed by atoms with Gasteiger partial charge in [0.25, 0.3) is 16.0 Å². The number of benzene rings is 1. The third-order valence-corrected chi connectivity index (χ3v) is 5.96. The van der Waals surface area contributed by atoms with Crippen molar-refractivity contribution in [2.45, 2.75) is 11.8 Å². The molecule has 30 heavy (non-hydrogen) atoms. The summed E-state index contributed by atoms with van der Waals surface area (Å²) in [5.74, 6) is -0.534. The summed E-state index contributed by atoms with van der Waals surface area (Å²) in [5.41, 5.74) is 6.01. The van der Waals surface area contributed by atoms with Gasteiger partial charge in [-0.25, -0.2) is 4.98 Å². The van der Waals surface area contributed by atoms with Crippen LogP contribution in [-0.2, 0) is 24.4 Å². The lowest BCUT2D eigenvalue weighted by molar-refractivity contribution is -0.118. The van der Waals surface area contributed by atoms with Gasteiger partial charge in [0.2, 0.25) is 0 Å². The number of anilines is 3. The lowest BCUT2D eigenvalue weighted by atomic mass is 10.1. The highest BCUT2D eigenvalue weighted by molar-refractivity contribution is 7.85. The predicted octanol–water partition coefficient (Wildman–Crippen LogP) is 1.42. The Balaban J connectivity index is 1.86. The van der Waals surface area contributed by atoms with E-state index < -0.39 is 21.8 Å². The van der Waals surface area contributed by atoms with Crippen LogP contribution < -0.4 is 16.0 Å². The van der Waals surface area contributed by atoms with E-state index in [1.807, 2.05) is 4.90 Å². The van der Waals surface area contributed by atoms with Crippen molar-refractivity contribution in [2.24, 2.45) is 0 Å². The molecule has 1 saturated heterocycles. The van der Waals surface area contributed by atoms with E-state index in [1.54, 1.807) is 0 Å². The molecule has 2 heterocycles. The molecule has 0 spiro atoms. The van der Waals surface area contributed by atoms with Crippen molar-refractivity contribution in [1.29, 1.82) is 0 Å². The number of nitrogens with zero attached hydrogens (tertiary/aromatic N) is 2. The van der Waals surface area contributed by atoms with Gasteiger partial charge >= 0.3 is 0 Å². The first-order chi connectivity index (χ1) is 14.1. The summed E-state index contributed by atoms with van der Waals surface area (Å²) in [6, 6.07) is 4.90. The van der Waals surface area contributed by atoms with Crippen molar-refractivity contribution >= 4 is 55.9 Å². The fraction of sp³-hybridized carbons (Fsp3) is 0.278. The maximum atomic E-state index is 12.7. The molecule has 0 aliphatic carbocycles. The van der Waals surface area contributed by atoms with E-state index in [9.17, 15) is 18.0 Å². The van der Waals surface area contributed by atoms with Gasteiger partial charge in [0, 0.05) is 18.8 Å². The second-order valence-electron chi connectivity index (χ2n) is 6.41. The Kier molecular flexibility index (Phi) is 6.51. The second kappa shape index (κ2) is 8.92. The predicted molar refractivity (Wildman–Crippen MR) is 113 cm³/mol. The van der Waals surface area contributed by atoms with E-state index in [-0.39, 0.29) is 16.2 Å². The molecule has 1 aromatic heterocycles. The fourth-order valence-corrected chi connectivity index (χ4v) is 4.08. The molecule has 3 rings (SSSR count). The highest BCUT2D eigenvalue weighted by Gasteiger charge is 2.22. The highest BCUT2D eigenvalue weighted by Crippen LogP contribution is 2.31. The Hall–Kier alpha value is -2.80. The molecule has 2 aromatic rings. The number of hydrogen-bond donors (Lipinski definition) is 3. The second-order valence-corrected chi connectivity index (χ2v) is 8.89. The maximum absolute atomic E-state index is 12.7. The highest BCUT2D eigenvalue weighted by atomic mass is 32.2. The molecule has 0 atom stereocenters. The van der Waals surface area contributed by atoms with Crippen molar-refractivity contribution in [3.8, 4) is 0 Å². The molecular weight excluding hydrogens is 432 g/mol. The molecule has 1 aliphatic rings. The molecule has 1 amide bonds. The number of carbonyl (C=O) groups is 2. The molecule has 1 aromatic carbocycles. The van der Waals surface area contributed by atoms with Gasteiger partial charge in [-0.1, -0.05) is 11.3 Å². The van der Waals surface area contributed by atoms with Gasteiger partial charge < -0.3 is 20.7 Å². The molecule has 0 radical (unpaired) electrons. The first kappa shape index (κ1) is 21.9. The smallest absolute Gasteiger partial charge is 0.294 e. The molecule has 1 fully saturated rings. The van der Waals surface area contributed by atoms with Gasteiger partial charge in [0.05, 0.1) is 28.6 Å². The van der Waals surface area contributed by atoms with Crippen LogP contribution in [-0.4, -0.2) is 55.9 Å². The van der Waals surface area contributed by atoms with E-state index in [0.717, 1.165) is 23.5 Å². The SMILES string of the molecule is CC(=O)C(=Cc1sc(N)nc1N1CCOCC1)C(=O)Nc1ccc(S(=O)(=O)O)cc1. The lowest BCUT2D eigenvalue weighted by Crippen LogP contribution is -2.36. The number of hydrogen-bond acceptors (Lipinski definition) is 9. The van der Waals surface area contributed by atoms with Gasteiger partial charge in [0.1, 0.15) is 5.82 Å². The number of morpholine rings is 1. The van der Waals surface area contributed by atoms with E-state index in [0.29, 0.717) is 42.1 Å². The summed E-state index contributed by atoms with van der Waals surface area (Å²) in [6.45, 7) is 3.59. The van der Waals surface area contributed by atoms with Crippen molar-refractivity contribution < 1.29 is 27.3 Å². The number of amides is 1. The van der Waals surface area contributed by atoms with Gasteiger partial charge in [0.15, 0.2) is 10.9 Å². The number of carbonyl (C=O) groups excluding carboxylic acids is 2. The normalized spacial score (nSPS) is 15.1. The molecule has 0 bridgehead atoms. The minimum Gasteiger partial charge on any atom is -0.378 e. The maximum Gasteiger partial charge on any atom is 0.294 e. The minimum absolute atomic E-state index is 0.105. The third-order valence-electron chi connectivity index (χ3n) is 4.27. The van der Waals surface area contributed by atoms with Crippen molar-refractivity contribution in [1.82, 2.24) is 4.98 Å². The summed E-state index contributed by atoms with van der Waals surface area (Å²) >= 11 is 1.16. The Labute approximate surface area is 177 Å². The average molecular weight is 453 g/mol. The monoisotopic (exact) mass is 452 g/mol. The molecule has 1 aliphatic heterocycles. The van der Waals surface area contributed by atoms with E-state index in [4.69, 9.17) is 15.0 Å². The van der Waals surface area contributed by atoms with Crippen LogP contribution in [0.25, 0.3) is 6.08 Å². The standard InChI is InChI=1S/C18H20N4O6S2/c1-11(23)14(17(24)20-12-2-4-13(5-3-12)30(25,26)27)10-15-16(21-18(19)29-15)22-6-8-28-9-7-22/h2-5,10H,6-9H2,1H3,(H2,19,21)(H,20,24)(H,25,26,27). The molecule has 0 unspecified atom stereocenters. The summed E-state index contributed by atoms with van der Waals surface area (Å²) in [5, 5.41) is 2.85. The summed E-state index contributed by atoms with van der Waals surface area (Å²) < 4.78 is 36.6. The summed E-state index contributed by atoms with van der Waals surface area (Å²) in [6.07, 6.45) is 1.45. The number of nitrogen functional groups attached to an aromatic ring is 1. The van der Waals surface area contributed by atoms with Crippen LogP contribution in [0.4, 0.5) is 16.6 Å². The topological polar surface area (TPSA) is 152 Å². The average Bonchev–Trinajstić information content (AvgIpc) is 3.06. The molecular formula is C18H20N4O6S2. The zero-order valence-corrected chi connectivity index (χ0v) is 17.6. The molecule has 10 nitrogen and oxygen atoms in total. The van der Waals surface area contributed by atoms with Crippen LogP contribution in [0.1, 0.15) is 11.8 Å². The Morgan fingerprint density at radius 2 is 1.90 bits per heavy atom. The van der Waals surface area contributed by atoms with E-state index in [1.165, 1.54) is 25.1 Å². The number of nitrogens with one attached hydrogen (secondary N) is 1. The van der Waals surface area contributed by atoms with E-state index in [2.05, 4.69) is 10.3 Å². The van der Waals surface area contributed by atoms with Crippen molar-refractivity contribution in [3.63, 3.8) is 0 Å². The molecule has 160 valence electrons. The molecule has 4 N–H and O–H groups in total. The van der Waals surface area contributed by atoms with Crippen molar-refractivity contribution in [3.05, 3.63) is 34.7 Å². The van der Waals surface area contributed by atoms with Crippen LogP contribution in [0, 0.1) is 0 Å². The number of nitrogens with two attached hydrogens (primary N) is 1. The first-order valence-electron chi connectivity index (χ1n) is 8.85. The number of ketones is 1. The van der Waals surface area contributed by atoms with Gasteiger partial charge in [-0.3, -0.25) is 14.1 Å². The zero-order valence-electron chi connectivity index (χ0n) is 16.0. The lowest BCUT2D eigenvalue weighted by Gasteiger charge is -2.27. The Morgan fingerprint density at radius 3 is 2.47 bits per heavy atom. The number of thiazole rings is 1. The summed E-state index contributed by atoms with van der Waals surface area (Å²) in [4.78, 5) is 31.4. The largest absolute Gasteiger partial charge is 0.378 e. The van der Waals surface area contributed by atoms with Crippen molar-refractivity contribution in [2.75, 3.05) is 42.3 Å². The minimum atomic E-state index is -4.34. The van der Waals surface area contributed by atoms with Gasteiger partial charge in [-0.05, 0) is 37.3 Å². The zero-order chi connectivity index (χ0) is 21.9. The van der Waals surface area contributed by atoms with Crippen LogP contribution >= 0.6 is 11.3 Å². The van der Waals surface area contributed by atoms with Crippen LogP contribution in [0.3, 0.4) is 0 Å². The number of rotatable bonds is 6. The first-order valence-corrected chi connectivity index (χ1v) is 11.1. The molecule has 0 saturated carbocycles. The van der Waals surface area contributed by atoms with Gasteiger partial charge in [-0.15, -0.1) is 0 Å². The third kappa shape index (κ3) is 5.21. The number of aromatic nitrogens is 1. The quantitative estimate of drug-likeness (QED) is 0.256. The van der Waals surface area contributed by atoms with Crippen LogP contribution in [0.5, 0.6) is 0 Å². The Bertz CT molecular complexity index is 1090. The number of ether oxygens (including phenoxy) is 1. The Morgan fingerprint density at radius 1 is 1.27 bits per heavy atom. The van der Waals surface area contributed by atoms with Crippen LogP contribution in [0.15, 0.2) is 34.7 Å². The number of Topliss-reactive ketones (excluding diaryl/α,β-unsaturated/α-hetero) is 1. The van der Waals surface area contributed by atoms with Crippen LogP contribution in [0.2, 0.25) is 0 Å². The molecule has 12 heteroatoms. The van der Waals surface area contributed by atoms with E-state index >= 15 is 0 Å². The fourth-order valence-electron chi connectivity index (χ4n) is 2.80.